The number of rotatable bonds is 8. The molecule has 1 unspecified atom stereocenters. The number of benzene rings is 1. The van der Waals surface area contributed by atoms with Crippen molar-refractivity contribution in [3.8, 4) is 0 Å². The van der Waals surface area contributed by atoms with Crippen molar-refractivity contribution in [3.05, 3.63) is 29.8 Å². The molecule has 1 aromatic carbocycles. The molecule has 0 aromatic heterocycles. The fraction of sp³-hybridized carbons (Fsp3) is 0.600. The van der Waals surface area contributed by atoms with E-state index in [4.69, 9.17) is 0 Å². The number of hydrogen-bond donors (Lipinski definition) is 1. The summed E-state index contributed by atoms with van der Waals surface area (Å²) in [6, 6.07) is 6.62. The smallest absolute Gasteiger partial charge is 0.243 e. The summed E-state index contributed by atoms with van der Waals surface area (Å²) in [4.78, 5) is 0.264. The first kappa shape index (κ1) is 17.1. The highest BCUT2D eigenvalue weighted by molar-refractivity contribution is 7.89. The molecule has 114 valence electrons. The zero-order valence-corrected chi connectivity index (χ0v) is 13.4. The van der Waals surface area contributed by atoms with Crippen LogP contribution in [0.4, 0.5) is 0 Å². The van der Waals surface area contributed by atoms with Gasteiger partial charge in [0.15, 0.2) is 0 Å². The maximum atomic E-state index is 12.6. The van der Waals surface area contributed by atoms with Gasteiger partial charge in [0.1, 0.15) is 0 Å². The monoisotopic (exact) mass is 299 g/mol. The van der Waals surface area contributed by atoms with Crippen LogP contribution in [-0.4, -0.2) is 30.9 Å². The van der Waals surface area contributed by atoms with Gasteiger partial charge < -0.3 is 5.11 Å². The average molecular weight is 299 g/mol. The van der Waals surface area contributed by atoms with Gasteiger partial charge in [0.2, 0.25) is 10.0 Å². The van der Waals surface area contributed by atoms with Crippen molar-refractivity contribution in [2.24, 2.45) is 0 Å². The largest absolute Gasteiger partial charge is 0.388 e. The van der Waals surface area contributed by atoms with Gasteiger partial charge in [0.05, 0.1) is 11.0 Å². The normalized spacial score (nSPS) is 13.7. The highest BCUT2D eigenvalue weighted by Gasteiger charge is 2.23. The first-order valence-corrected chi connectivity index (χ1v) is 8.69. The third-order valence-corrected chi connectivity index (χ3v) is 5.35. The lowest BCUT2D eigenvalue weighted by Crippen LogP contribution is -2.31. The van der Waals surface area contributed by atoms with E-state index in [-0.39, 0.29) is 4.90 Å². The molecule has 0 radical (unpaired) electrons. The summed E-state index contributed by atoms with van der Waals surface area (Å²) in [5.74, 6) is 0. The van der Waals surface area contributed by atoms with E-state index in [9.17, 15) is 13.5 Å². The van der Waals surface area contributed by atoms with Crippen molar-refractivity contribution in [1.82, 2.24) is 4.31 Å². The van der Waals surface area contributed by atoms with Crippen LogP contribution in [0.25, 0.3) is 0 Å². The van der Waals surface area contributed by atoms with Crippen LogP contribution in [0.2, 0.25) is 0 Å². The molecule has 0 fully saturated rings. The van der Waals surface area contributed by atoms with Crippen molar-refractivity contribution in [2.45, 2.75) is 51.0 Å². The van der Waals surface area contributed by atoms with Crippen molar-refractivity contribution in [1.29, 1.82) is 0 Å². The van der Waals surface area contributed by atoms with Crippen LogP contribution in [0.15, 0.2) is 29.2 Å². The summed E-state index contributed by atoms with van der Waals surface area (Å²) >= 11 is 0. The molecule has 1 aromatic rings. The minimum Gasteiger partial charge on any atom is -0.388 e. The number of nitrogens with zero attached hydrogens (tertiary/aromatic N) is 1. The lowest BCUT2D eigenvalue weighted by Gasteiger charge is -2.21. The van der Waals surface area contributed by atoms with Gasteiger partial charge >= 0.3 is 0 Å². The molecule has 4 nitrogen and oxygen atoms in total. The van der Waals surface area contributed by atoms with Gasteiger partial charge in [-0.2, -0.15) is 4.31 Å². The second-order valence-corrected chi connectivity index (χ2v) is 6.78. The number of aliphatic hydroxyl groups is 1. The fourth-order valence-electron chi connectivity index (χ4n) is 2.05. The number of sulfonamides is 1. The molecule has 0 saturated heterocycles. The van der Waals surface area contributed by atoms with Crippen LogP contribution >= 0.6 is 0 Å². The molecular weight excluding hydrogens is 274 g/mol. The predicted octanol–water partition coefficient (Wildman–Crippen LogP) is 2.94. The third kappa shape index (κ3) is 4.04. The number of unbranched alkanes of at least 4 members (excludes halogenated alkanes) is 1. The molecule has 0 aliphatic heterocycles. The molecule has 0 spiro atoms. The molecule has 0 heterocycles. The second-order valence-electron chi connectivity index (χ2n) is 4.85. The Kier molecular flexibility index (Phi) is 6.65. The van der Waals surface area contributed by atoms with Crippen molar-refractivity contribution < 1.29 is 13.5 Å². The molecule has 0 bridgehead atoms. The highest BCUT2D eigenvalue weighted by Crippen LogP contribution is 2.22. The zero-order chi connectivity index (χ0) is 15.2. The SMILES string of the molecule is CCCCN(CC)S(=O)(=O)c1cccc(C(O)CC)c1. The fourth-order valence-corrected chi connectivity index (χ4v) is 3.59. The minimum atomic E-state index is -3.47. The molecular formula is C15H25NO3S. The van der Waals surface area contributed by atoms with E-state index in [1.807, 2.05) is 20.8 Å². The predicted molar refractivity (Wildman–Crippen MR) is 81.0 cm³/mol. The molecule has 20 heavy (non-hydrogen) atoms. The van der Waals surface area contributed by atoms with Gasteiger partial charge in [-0.25, -0.2) is 8.42 Å². The molecule has 0 amide bonds. The summed E-state index contributed by atoms with van der Waals surface area (Å²) in [5, 5.41) is 9.85. The van der Waals surface area contributed by atoms with Crippen molar-refractivity contribution in [3.63, 3.8) is 0 Å². The van der Waals surface area contributed by atoms with Crippen LogP contribution in [0.1, 0.15) is 51.7 Å². The Bertz CT molecular complexity index is 514. The van der Waals surface area contributed by atoms with E-state index in [1.165, 1.54) is 4.31 Å². The summed E-state index contributed by atoms with van der Waals surface area (Å²) in [6.07, 6.45) is 1.76. The topological polar surface area (TPSA) is 57.6 Å². The van der Waals surface area contributed by atoms with Gasteiger partial charge in [-0.3, -0.25) is 0 Å². The van der Waals surface area contributed by atoms with Crippen LogP contribution in [0, 0.1) is 0 Å². The Hall–Kier alpha value is -0.910. The van der Waals surface area contributed by atoms with Crippen LogP contribution in [0.5, 0.6) is 0 Å². The van der Waals surface area contributed by atoms with E-state index in [1.54, 1.807) is 24.3 Å². The summed E-state index contributed by atoms with van der Waals surface area (Å²) < 4.78 is 26.6. The van der Waals surface area contributed by atoms with Gasteiger partial charge in [0.25, 0.3) is 0 Å². The summed E-state index contributed by atoms with van der Waals surface area (Å²) in [7, 11) is -3.47. The first-order valence-electron chi connectivity index (χ1n) is 7.25. The van der Waals surface area contributed by atoms with E-state index >= 15 is 0 Å². The van der Waals surface area contributed by atoms with E-state index in [2.05, 4.69) is 0 Å². The lowest BCUT2D eigenvalue weighted by atomic mass is 10.1. The lowest BCUT2D eigenvalue weighted by molar-refractivity contribution is 0.173. The molecule has 0 aliphatic carbocycles. The molecule has 0 aliphatic rings. The Labute approximate surface area is 122 Å². The zero-order valence-electron chi connectivity index (χ0n) is 12.5. The Morgan fingerprint density at radius 1 is 1.25 bits per heavy atom. The summed E-state index contributed by atoms with van der Waals surface area (Å²) in [6.45, 7) is 6.75. The van der Waals surface area contributed by atoms with Gasteiger partial charge in [0, 0.05) is 13.1 Å². The maximum absolute atomic E-state index is 12.6. The number of hydrogen-bond acceptors (Lipinski definition) is 3. The standard InChI is InChI=1S/C15H25NO3S/c1-4-7-11-16(6-3)20(18,19)14-10-8-9-13(12-14)15(17)5-2/h8-10,12,15,17H,4-7,11H2,1-3H3. The van der Waals surface area contributed by atoms with Crippen molar-refractivity contribution >= 4 is 10.0 Å². The quantitative estimate of drug-likeness (QED) is 0.803. The number of aliphatic hydroxyl groups excluding tert-OH is 1. The second kappa shape index (κ2) is 7.76. The third-order valence-electron chi connectivity index (χ3n) is 3.38. The maximum Gasteiger partial charge on any atom is 0.243 e. The Morgan fingerprint density at radius 3 is 2.50 bits per heavy atom. The Morgan fingerprint density at radius 2 is 1.95 bits per heavy atom. The van der Waals surface area contributed by atoms with Gasteiger partial charge in [-0.05, 0) is 30.5 Å². The van der Waals surface area contributed by atoms with Gasteiger partial charge in [-0.15, -0.1) is 0 Å². The molecule has 1 atom stereocenters. The Balaban J connectivity index is 3.07. The molecule has 1 N–H and O–H groups in total. The minimum absolute atomic E-state index is 0.264. The van der Waals surface area contributed by atoms with Gasteiger partial charge in [-0.1, -0.05) is 39.3 Å². The summed E-state index contributed by atoms with van der Waals surface area (Å²) in [5.41, 5.74) is 0.653. The molecule has 1 rings (SSSR count). The van der Waals surface area contributed by atoms with Crippen LogP contribution in [-0.2, 0) is 10.0 Å². The van der Waals surface area contributed by atoms with E-state index in [0.29, 0.717) is 25.1 Å². The average Bonchev–Trinajstić information content (AvgIpc) is 2.47. The molecule has 5 heteroatoms. The first-order chi connectivity index (χ1) is 9.47. The van der Waals surface area contributed by atoms with E-state index < -0.39 is 16.1 Å². The van der Waals surface area contributed by atoms with E-state index in [0.717, 1.165) is 12.8 Å². The van der Waals surface area contributed by atoms with Crippen molar-refractivity contribution in [2.75, 3.05) is 13.1 Å². The van der Waals surface area contributed by atoms with Crippen LogP contribution < -0.4 is 0 Å². The van der Waals surface area contributed by atoms with Crippen LogP contribution in [0.3, 0.4) is 0 Å². The highest BCUT2D eigenvalue weighted by atomic mass is 32.2. The molecule has 0 saturated carbocycles.